The topological polar surface area (TPSA) is 48.3 Å². The summed E-state index contributed by atoms with van der Waals surface area (Å²) >= 11 is 0. The van der Waals surface area contributed by atoms with Crippen LogP contribution in [0.4, 0.5) is 18.9 Å². The maximum absolute atomic E-state index is 12.7. The summed E-state index contributed by atoms with van der Waals surface area (Å²) in [6, 6.07) is 4.83. The van der Waals surface area contributed by atoms with Crippen molar-refractivity contribution in [2.24, 2.45) is 0 Å². The van der Waals surface area contributed by atoms with Crippen LogP contribution in [-0.2, 0) is 10.9 Å². The number of likely N-dealkylation sites (N-methyl/N-ethyl adjacent to an activating group) is 1. The van der Waals surface area contributed by atoms with Gasteiger partial charge in [-0.25, -0.2) is 0 Å². The Bertz CT molecular complexity index is 568. The van der Waals surface area contributed by atoms with Gasteiger partial charge in [0.05, 0.1) is 35.6 Å². The van der Waals surface area contributed by atoms with Crippen LogP contribution in [-0.4, -0.2) is 43.8 Å². The number of ether oxygens (including phenoxy) is 1. The summed E-state index contributed by atoms with van der Waals surface area (Å²) in [4.78, 5) is 2.13. The molecule has 0 amide bonds. The molecule has 1 aromatic carbocycles. The van der Waals surface area contributed by atoms with Gasteiger partial charge in [0, 0.05) is 13.1 Å². The number of anilines is 1. The van der Waals surface area contributed by atoms with E-state index in [9.17, 15) is 13.2 Å². The van der Waals surface area contributed by atoms with Crippen LogP contribution in [0, 0.1) is 11.3 Å². The van der Waals surface area contributed by atoms with Gasteiger partial charge in [0.1, 0.15) is 6.07 Å². The molecule has 1 aliphatic rings. The van der Waals surface area contributed by atoms with E-state index in [0.717, 1.165) is 25.2 Å². The van der Waals surface area contributed by atoms with E-state index in [-0.39, 0.29) is 17.7 Å². The first-order chi connectivity index (χ1) is 10.3. The maximum atomic E-state index is 12.7. The van der Waals surface area contributed by atoms with Gasteiger partial charge in [-0.2, -0.15) is 18.4 Å². The summed E-state index contributed by atoms with van der Waals surface area (Å²) in [6.45, 7) is 4.09. The minimum Gasteiger partial charge on any atom is -0.379 e. The lowest BCUT2D eigenvalue weighted by atomic mass is 10.1. The maximum Gasteiger partial charge on any atom is 0.416 e. The number of nitrogens with one attached hydrogen (secondary N) is 1. The molecule has 1 fully saturated rings. The van der Waals surface area contributed by atoms with Gasteiger partial charge in [0.2, 0.25) is 0 Å². The third-order valence-electron chi connectivity index (χ3n) is 3.70. The number of morpholine rings is 1. The largest absolute Gasteiger partial charge is 0.416 e. The van der Waals surface area contributed by atoms with E-state index >= 15 is 0 Å². The molecule has 2 unspecified atom stereocenters. The van der Waals surface area contributed by atoms with Gasteiger partial charge < -0.3 is 15.0 Å². The molecule has 1 aliphatic heterocycles. The van der Waals surface area contributed by atoms with E-state index < -0.39 is 11.7 Å². The average Bonchev–Trinajstić information content (AvgIpc) is 2.46. The summed E-state index contributed by atoms with van der Waals surface area (Å²) in [7, 11) is 1.99. The first kappa shape index (κ1) is 16.6. The van der Waals surface area contributed by atoms with Crippen LogP contribution in [0.1, 0.15) is 18.1 Å². The van der Waals surface area contributed by atoms with Crippen LogP contribution in [0.3, 0.4) is 0 Å². The summed E-state index contributed by atoms with van der Waals surface area (Å²) in [5.41, 5.74) is -0.457. The van der Waals surface area contributed by atoms with Gasteiger partial charge in [-0.1, -0.05) is 0 Å². The number of rotatable bonds is 3. The Hall–Kier alpha value is -1.78. The average molecular weight is 313 g/mol. The van der Waals surface area contributed by atoms with Crippen molar-refractivity contribution in [1.82, 2.24) is 4.90 Å². The molecule has 1 saturated heterocycles. The Morgan fingerprint density at radius 1 is 1.45 bits per heavy atom. The number of nitriles is 1. The van der Waals surface area contributed by atoms with Crippen LogP contribution in [0.25, 0.3) is 0 Å². The van der Waals surface area contributed by atoms with Crippen molar-refractivity contribution in [3.05, 3.63) is 29.3 Å². The van der Waals surface area contributed by atoms with Crippen molar-refractivity contribution in [3.63, 3.8) is 0 Å². The Balaban J connectivity index is 2.14. The second-order valence-electron chi connectivity index (χ2n) is 5.47. The number of alkyl halides is 3. The first-order valence-corrected chi connectivity index (χ1v) is 6.99. The molecule has 2 atom stereocenters. The van der Waals surface area contributed by atoms with E-state index in [4.69, 9.17) is 10.00 Å². The van der Waals surface area contributed by atoms with E-state index in [2.05, 4.69) is 10.2 Å². The van der Waals surface area contributed by atoms with Gasteiger partial charge in [-0.3, -0.25) is 0 Å². The molecule has 22 heavy (non-hydrogen) atoms. The predicted molar refractivity (Wildman–Crippen MR) is 76.5 cm³/mol. The Kier molecular flexibility index (Phi) is 4.94. The Labute approximate surface area is 127 Å². The molecular formula is C15H18F3N3O. The molecule has 7 heteroatoms. The van der Waals surface area contributed by atoms with Gasteiger partial charge in [-0.15, -0.1) is 0 Å². The fourth-order valence-corrected chi connectivity index (χ4v) is 2.39. The van der Waals surface area contributed by atoms with E-state index in [0.29, 0.717) is 12.3 Å². The lowest BCUT2D eigenvalue weighted by Gasteiger charge is -2.34. The quantitative estimate of drug-likeness (QED) is 0.932. The van der Waals surface area contributed by atoms with Crippen molar-refractivity contribution in [2.75, 3.05) is 32.1 Å². The van der Waals surface area contributed by atoms with Crippen LogP contribution in [0.5, 0.6) is 0 Å². The number of benzene rings is 1. The Morgan fingerprint density at radius 3 is 2.77 bits per heavy atom. The van der Waals surface area contributed by atoms with Gasteiger partial charge >= 0.3 is 6.18 Å². The van der Waals surface area contributed by atoms with Crippen LogP contribution >= 0.6 is 0 Å². The highest BCUT2D eigenvalue weighted by Gasteiger charge is 2.31. The van der Waals surface area contributed by atoms with Gasteiger partial charge in [-0.05, 0) is 32.2 Å². The number of hydrogen-bond acceptors (Lipinski definition) is 4. The molecule has 0 spiro atoms. The molecule has 0 bridgehead atoms. The van der Waals surface area contributed by atoms with Crippen molar-refractivity contribution in [1.29, 1.82) is 5.26 Å². The highest BCUT2D eigenvalue weighted by Crippen LogP contribution is 2.32. The van der Waals surface area contributed by atoms with Crippen molar-refractivity contribution in [3.8, 4) is 6.07 Å². The SMILES string of the molecule is CC(Nc1ccc(C(F)(F)F)cc1C#N)C1CN(C)CCO1. The summed E-state index contributed by atoms with van der Waals surface area (Å²) in [6.07, 6.45) is -4.53. The molecule has 0 aliphatic carbocycles. The lowest BCUT2D eigenvalue weighted by Crippen LogP contribution is -2.47. The molecule has 0 radical (unpaired) electrons. The van der Waals surface area contributed by atoms with E-state index in [1.165, 1.54) is 6.07 Å². The number of nitrogens with zero attached hydrogens (tertiary/aromatic N) is 2. The molecule has 1 N–H and O–H groups in total. The molecule has 2 rings (SSSR count). The zero-order chi connectivity index (χ0) is 16.3. The zero-order valence-corrected chi connectivity index (χ0v) is 12.4. The molecule has 120 valence electrons. The third kappa shape index (κ3) is 3.90. The summed E-state index contributed by atoms with van der Waals surface area (Å²) in [5.74, 6) is 0. The Morgan fingerprint density at radius 2 is 2.18 bits per heavy atom. The predicted octanol–water partition coefficient (Wildman–Crippen LogP) is 2.71. The van der Waals surface area contributed by atoms with Crippen LogP contribution in [0.2, 0.25) is 0 Å². The lowest BCUT2D eigenvalue weighted by molar-refractivity contribution is -0.137. The van der Waals surface area contributed by atoms with Crippen molar-refractivity contribution >= 4 is 5.69 Å². The monoisotopic (exact) mass is 313 g/mol. The smallest absolute Gasteiger partial charge is 0.379 e. The van der Waals surface area contributed by atoms with Crippen molar-refractivity contribution < 1.29 is 17.9 Å². The first-order valence-electron chi connectivity index (χ1n) is 6.99. The molecule has 0 saturated carbocycles. The third-order valence-corrected chi connectivity index (χ3v) is 3.70. The van der Waals surface area contributed by atoms with E-state index in [1.807, 2.05) is 20.0 Å². The summed E-state index contributed by atoms with van der Waals surface area (Å²) < 4.78 is 43.7. The fourth-order valence-electron chi connectivity index (χ4n) is 2.39. The second kappa shape index (κ2) is 6.55. The van der Waals surface area contributed by atoms with Crippen molar-refractivity contribution in [2.45, 2.75) is 25.2 Å². The normalized spacial score (nSPS) is 21.2. The number of halogens is 3. The molecule has 1 heterocycles. The standard InChI is InChI=1S/C15H18F3N3O/c1-10(14-9-21(2)5-6-22-14)20-13-4-3-12(15(16,17)18)7-11(13)8-19/h3-4,7,10,14,20H,5-6,9H2,1-2H3. The highest BCUT2D eigenvalue weighted by atomic mass is 19.4. The minimum atomic E-state index is -4.45. The zero-order valence-electron chi connectivity index (χ0n) is 12.4. The highest BCUT2D eigenvalue weighted by molar-refractivity contribution is 5.59. The van der Waals surface area contributed by atoms with Gasteiger partial charge in [0.15, 0.2) is 0 Å². The van der Waals surface area contributed by atoms with E-state index in [1.54, 1.807) is 0 Å². The second-order valence-corrected chi connectivity index (χ2v) is 5.47. The number of hydrogen-bond donors (Lipinski definition) is 1. The van der Waals surface area contributed by atoms with Gasteiger partial charge in [0.25, 0.3) is 0 Å². The molecule has 0 aromatic heterocycles. The summed E-state index contributed by atoms with van der Waals surface area (Å²) in [5, 5.41) is 12.2. The van der Waals surface area contributed by atoms with Crippen LogP contribution < -0.4 is 5.32 Å². The fraction of sp³-hybridized carbons (Fsp3) is 0.533. The minimum absolute atomic E-state index is 0.0224. The molecule has 4 nitrogen and oxygen atoms in total. The molecular weight excluding hydrogens is 295 g/mol. The molecule has 1 aromatic rings. The van der Waals surface area contributed by atoms with Crippen LogP contribution in [0.15, 0.2) is 18.2 Å².